The van der Waals surface area contributed by atoms with Crippen LogP contribution in [0.25, 0.3) is 10.7 Å². The highest BCUT2D eigenvalue weighted by Crippen LogP contribution is 2.24. The lowest BCUT2D eigenvalue weighted by atomic mass is 10.1. The van der Waals surface area contributed by atoms with Crippen LogP contribution in [0.15, 0.2) is 36.0 Å². The van der Waals surface area contributed by atoms with Crippen LogP contribution in [-0.4, -0.2) is 26.6 Å². The first-order valence-electron chi connectivity index (χ1n) is 7.16. The molecule has 3 aromatic rings. The maximum atomic E-state index is 5.98. The fraction of sp³-hybridized carbons (Fsp3) is 0.312. The number of benzene rings is 1. The smallest absolute Gasteiger partial charge is 0.145 e. The van der Waals surface area contributed by atoms with E-state index in [1.807, 2.05) is 22.3 Å². The van der Waals surface area contributed by atoms with Gasteiger partial charge in [-0.3, -0.25) is 0 Å². The molecule has 3 rings (SSSR count). The first-order valence-corrected chi connectivity index (χ1v) is 8.04. The van der Waals surface area contributed by atoms with Gasteiger partial charge in [-0.1, -0.05) is 23.4 Å². The number of ether oxygens (including phenoxy) is 1. The molecule has 0 aliphatic carbocycles. The van der Waals surface area contributed by atoms with Gasteiger partial charge in [-0.05, 0) is 31.9 Å². The highest BCUT2D eigenvalue weighted by atomic mass is 32.1. The Balaban J connectivity index is 1.69. The van der Waals surface area contributed by atoms with Crippen LogP contribution in [-0.2, 0) is 0 Å². The fourth-order valence-electron chi connectivity index (χ4n) is 2.25. The van der Waals surface area contributed by atoms with Gasteiger partial charge in [-0.15, -0.1) is 16.4 Å². The maximum Gasteiger partial charge on any atom is 0.145 e. The number of hydrogen-bond acceptors (Lipinski definition) is 5. The van der Waals surface area contributed by atoms with E-state index >= 15 is 0 Å². The molecule has 0 aliphatic heterocycles. The highest BCUT2D eigenvalue weighted by molar-refractivity contribution is 7.13. The van der Waals surface area contributed by atoms with E-state index in [1.165, 1.54) is 0 Å². The zero-order valence-electron chi connectivity index (χ0n) is 12.9. The van der Waals surface area contributed by atoms with Crippen molar-refractivity contribution in [2.45, 2.75) is 26.8 Å². The molecule has 5 nitrogen and oxygen atoms in total. The van der Waals surface area contributed by atoms with E-state index < -0.39 is 0 Å². The largest absolute Gasteiger partial charge is 0.491 e. The van der Waals surface area contributed by atoms with Crippen molar-refractivity contribution in [2.75, 3.05) is 6.61 Å². The Morgan fingerprint density at radius 3 is 2.73 bits per heavy atom. The van der Waals surface area contributed by atoms with Crippen LogP contribution < -0.4 is 4.74 Å². The molecule has 0 saturated heterocycles. The number of aryl methyl sites for hydroxylation is 2. The molecule has 0 N–H and O–H groups in total. The predicted octanol–water partition coefficient (Wildman–Crippen LogP) is 3.66. The highest BCUT2D eigenvalue weighted by Gasteiger charge is 2.12. The number of thiazole rings is 1. The molecule has 6 heteroatoms. The molecular weight excluding hydrogens is 296 g/mol. The summed E-state index contributed by atoms with van der Waals surface area (Å²) in [6, 6.07) is 6.25. The Morgan fingerprint density at radius 1 is 1.27 bits per heavy atom. The zero-order chi connectivity index (χ0) is 15.5. The van der Waals surface area contributed by atoms with E-state index in [-0.39, 0.29) is 6.04 Å². The number of aromatic nitrogens is 4. The third-order valence-corrected chi connectivity index (χ3v) is 4.29. The summed E-state index contributed by atoms with van der Waals surface area (Å²) in [6.07, 6.45) is 3.68. The Labute approximate surface area is 133 Å². The second-order valence-corrected chi connectivity index (χ2v) is 6.20. The van der Waals surface area contributed by atoms with Crippen molar-refractivity contribution >= 4 is 11.3 Å². The van der Waals surface area contributed by atoms with Crippen LogP contribution >= 0.6 is 11.3 Å². The summed E-state index contributed by atoms with van der Waals surface area (Å²) in [5.41, 5.74) is 3.09. The molecule has 2 aromatic heterocycles. The van der Waals surface area contributed by atoms with Crippen molar-refractivity contribution in [2.24, 2.45) is 0 Å². The molecule has 0 radical (unpaired) electrons. The van der Waals surface area contributed by atoms with Crippen molar-refractivity contribution in [1.82, 2.24) is 20.0 Å². The average molecular weight is 314 g/mol. The van der Waals surface area contributed by atoms with E-state index in [4.69, 9.17) is 4.74 Å². The van der Waals surface area contributed by atoms with Crippen LogP contribution in [0.4, 0.5) is 0 Å². The summed E-state index contributed by atoms with van der Waals surface area (Å²) in [6.45, 7) is 6.73. The van der Waals surface area contributed by atoms with Crippen LogP contribution in [0.3, 0.4) is 0 Å². The van der Waals surface area contributed by atoms with E-state index in [0.717, 1.165) is 27.6 Å². The Kier molecular flexibility index (Phi) is 4.20. The first kappa shape index (κ1) is 14.7. The summed E-state index contributed by atoms with van der Waals surface area (Å²) >= 11 is 1.56. The molecule has 0 saturated carbocycles. The molecule has 2 heterocycles. The third kappa shape index (κ3) is 3.01. The summed E-state index contributed by atoms with van der Waals surface area (Å²) in [5, 5.41) is 11.2. The number of hydrogen-bond donors (Lipinski definition) is 0. The standard InChI is InChI=1S/C16H18N4OS/c1-11-5-4-6-12(2)15(11)21-10-13(3)20-9-14(18-19-20)16-17-7-8-22-16/h4-9,13H,10H2,1-3H3/t13-/m1/s1. The lowest BCUT2D eigenvalue weighted by Gasteiger charge is -2.16. The monoisotopic (exact) mass is 314 g/mol. The molecule has 0 fully saturated rings. The maximum absolute atomic E-state index is 5.98. The third-order valence-electron chi connectivity index (χ3n) is 3.49. The second-order valence-electron chi connectivity index (χ2n) is 5.30. The van der Waals surface area contributed by atoms with Gasteiger partial charge in [-0.2, -0.15) is 0 Å². The van der Waals surface area contributed by atoms with Gasteiger partial charge >= 0.3 is 0 Å². The summed E-state index contributed by atoms with van der Waals surface area (Å²) in [4.78, 5) is 4.25. The second kappa shape index (κ2) is 6.27. The minimum absolute atomic E-state index is 0.0974. The molecule has 0 aliphatic rings. The summed E-state index contributed by atoms with van der Waals surface area (Å²) < 4.78 is 7.81. The van der Waals surface area contributed by atoms with Crippen LogP contribution in [0.1, 0.15) is 24.1 Å². The van der Waals surface area contributed by atoms with Gasteiger partial charge in [0.1, 0.15) is 23.1 Å². The predicted molar refractivity (Wildman–Crippen MR) is 87.3 cm³/mol. The molecule has 0 amide bonds. The molecule has 0 bridgehead atoms. The van der Waals surface area contributed by atoms with Crippen molar-refractivity contribution < 1.29 is 4.74 Å². The SMILES string of the molecule is Cc1cccc(C)c1OC[C@@H](C)n1cc(-c2nccs2)nn1. The lowest BCUT2D eigenvalue weighted by molar-refractivity contribution is 0.246. The molecule has 1 aromatic carbocycles. The minimum atomic E-state index is 0.0974. The van der Waals surface area contributed by atoms with Crippen molar-refractivity contribution in [3.63, 3.8) is 0 Å². The van der Waals surface area contributed by atoms with Crippen molar-refractivity contribution in [3.8, 4) is 16.5 Å². The van der Waals surface area contributed by atoms with E-state index in [9.17, 15) is 0 Å². The summed E-state index contributed by atoms with van der Waals surface area (Å²) in [5.74, 6) is 0.953. The van der Waals surface area contributed by atoms with Gasteiger partial charge < -0.3 is 4.74 Å². The molecule has 0 unspecified atom stereocenters. The molecule has 0 spiro atoms. The molecular formula is C16H18N4OS. The Morgan fingerprint density at radius 2 is 2.05 bits per heavy atom. The van der Waals surface area contributed by atoms with Gasteiger partial charge in [0, 0.05) is 11.6 Å². The van der Waals surface area contributed by atoms with Crippen LogP contribution in [0.5, 0.6) is 5.75 Å². The summed E-state index contributed by atoms with van der Waals surface area (Å²) in [7, 11) is 0. The number of nitrogens with zero attached hydrogens (tertiary/aromatic N) is 4. The molecule has 1 atom stereocenters. The zero-order valence-corrected chi connectivity index (χ0v) is 13.7. The molecule has 114 valence electrons. The quantitative estimate of drug-likeness (QED) is 0.721. The fourth-order valence-corrected chi connectivity index (χ4v) is 2.83. The van der Waals surface area contributed by atoms with Gasteiger partial charge in [0.15, 0.2) is 0 Å². The Bertz CT molecular complexity index is 731. The van der Waals surface area contributed by atoms with Gasteiger partial charge in [-0.25, -0.2) is 9.67 Å². The van der Waals surface area contributed by atoms with Crippen LogP contribution in [0.2, 0.25) is 0 Å². The molecule has 22 heavy (non-hydrogen) atoms. The van der Waals surface area contributed by atoms with Crippen molar-refractivity contribution in [3.05, 3.63) is 47.1 Å². The topological polar surface area (TPSA) is 52.8 Å². The van der Waals surface area contributed by atoms with Gasteiger partial charge in [0.2, 0.25) is 0 Å². The van der Waals surface area contributed by atoms with Gasteiger partial charge in [0.25, 0.3) is 0 Å². The first-order chi connectivity index (χ1) is 10.6. The van der Waals surface area contributed by atoms with Crippen molar-refractivity contribution in [1.29, 1.82) is 0 Å². The minimum Gasteiger partial charge on any atom is -0.491 e. The van der Waals surface area contributed by atoms with Crippen LogP contribution in [0, 0.1) is 13.8 Å². The van der Waals surface area contributed by atoms with E-state index in [0.29, 0.717) is 6.61 Å². The Hall–Kier alpha value is -2.21. The number of para-hydroxylation sites is 1. The van der Waals surface area contributed by atoms with E-state index in [2.05, 4.69) is 48.2 Å². The lowest BCUT2D eigenvalue weighted by Crippen LogP contribution is -2.15. The number of rotatable bonds is 5. The normalized spacial score (nSPS) is 12.3. The average Bonchev–Trinajstić information content (AvgIpc) is 3.17. The van der Waals surface area contributed by atoms with Gasteiger partial charge in [0.05, 0.1) is 12.2 Å². The van der Waals surface area contributed by atoms with E-state index in [1.54, 1.807) is 17.5 Å².